The Morgan fingerprint density at radius 3 is 2.54 bits per heavy atom. The first-order valence-electron chi connectivity index (χ1n) is 7.78. The van der Waals surface area contributed by atoms with Crippen molar-refractivity contribution in [3.05, 3.63) is 48.8 Å². The maximum Gasteiger partial charge on any atom is 0.325 e. The number of benzene rings is 1. The molecule has 2 aromatic heterocycles. The van der Waals surface area contributed by atoms with Crippen LogP contribution in [0.25, 0.3) is 10.6 Å². The average Bonchev–Trinajstić information content (AvgIpc) is 3.12. The van der Waals surface area contributed by atoms with Gasteiger partial charge in [0.15, 0.2) is 0 Å². The van der Waals surface area contributed by atoms with E-state index < -0.39 is 6.03 Å². The van der Waals surface area contributed by atoms with Gasteiger partial charge in [0.05, 0.1) is 6.61 Å². The maximum atomic E-state index is 12.1. The average molecular weight is 371 g/mol. The van der Waals surface area contributed by atoms with E-state index in [1.54, 1.807) is 43.8 Å². The summed E-state index contributed by atoms with van der Waals surface area (Å²) in [5.41, 5.74) is 1.54. The van der Waals surface area contributed by atoms with Crippen LogP contribution in [0.4, 0.5) is 15.6 Å². The molecule has 1 aromatic carbocycles. The highest BCUT2D eigenvalue weighted by Gasteiger charge is 2.09. The number of nitrogens with one attached hydrogen (secondary N) is 2. The number of carbonyl (C=O) groups is 1. The van der Waals surface area contributed by atoms with E-state index in [1.807, 2.05) is 12.1 Å². The van der Waals surface area contributed by atoms with Crippen molar-refractivity contribution in [2.75, 3.05) is 31.0 Å². The van der Waals surface area contributed by atoms with Crippen LogP contribution >= 0.6 is 11.3 Å². The van der Waals surface area contributed by atoms with E-state index in [0.29, 0.717) is 34.8 Å². The molecule has 0 fully saturated rings. The van der Waals surface area contributed by atoms with Gasteiger partial charge in [0.1, 0.15) is 17.4 Å². The van der Waals surface area contributed by atoms with Crippen LogP contribution in [0.15, 0.2) is 48.8 Å². The molecule has 0 aliphatic heterocycles. The third kappa shape index (κ3) is 4.98. The number of ether oxygens (including phenoxy) is 2. The first kappa shape index (κ1) is 17.8. The molecule has 0 aliphatic rings. The lowest BCUT2D eigenvalue weighted by Crippen LogP contribution is -2.19. The molecule has 2 heterocycles. The summed E-state index contributed by atoms with van der Waals surface area (Å²) < 4.78 is 10.4. The fourth-order valence-electron chi connectivity index (χ4n) is 2.02. The monoisotopic (exact) mass is 371 g/mol. The van der Waals surface area contributed by atoms with Crippen LogP contribution in [0.2, 0.25) is 0 Å². The number of pyridine rings is 1. The number of rotatable bonds is 7. The van der Waals surface area contributed by atoms with Gasteiger partial charge in [-0.1, -0.05) is 11.3 Å². The number of methoxy groups -OCH3 is 1. The molecule has 0 spiro atoms. The molecule has 134 valence electrons. The van der Waals surface area contributed by atoms with Gasteiger partial charge in [-0.15, -0.1) is 10.2 Å². The van der Waals surface area contributed by atoms with Gasteiger partial charge in [0.25, 0.3) is 0 Å². The Hall–Kier alpha value is -3.04. The molecule has 0 saturated heterocycles. The van der Waals surface area contributed by atoms with Crippen LogP contribution in [0.1, 0.15) is 0 Å². The Morgan fingerprint density at radius 2 is 1.81 bits per heavy atom. The quantitative estimate of drug-likeness (QED) is 0.619. The molecule has 3 rings (SSSR count). The van der Waals surface area contributed by atoms with Gasteiger partial charge in [0.2, 0.25) is 5.13 Å². The number of amides is 2. The largest absolute Gasteiger partial charge is 0.491 e. The number of urea groups is 1. The minimum Gasteiger partial charge on any atom is -0.491 e. The predicted molar refractivity (Wildman–Crippen MR) is 99.6 cm³/mol. The van der Waals surface area contributed by atoms with E-state index >= 15 is 0 Å². The summed E-state index contributed by atoms with van der Waals surface area (Å²) in [7, 11) is 1.62. The molecular formula is C17H17N5O3S. The summed E-state index contributed by atoms with van der Waals surface area (Å²) in [5.74, 6) is 0.708. The van der Waals surface area contributed by atoms with Crippen molar-refractivity contribution in [2.45, 2.75) is 0 Å². The van der Waals surface area contributed by atoms with Crippen molar-refractivity contribution in [2.24, 2.45) is 0 Å². The molecule has 0 aliphatic carbocycles. The highest BCUT2D eigenvalue weighted by Crippen LogP contribution is 2.25. The van der Waals surface area contributed by atoms with Crippen LogP contribution in [0.5, 0.6) is 5.75 Å². The normalized spacial score (nSPS) is 10.3. The molecule has 0 unspecified atom stereocenters. The number of nitrogens with zero attached hydrogens (tertiary/aromatic N) is 3. The molecule has 0 bridgehead atoms. The van der Waals surface area contributed by atoms with Gasteiger partial charge < -0.3 is 14.8 Å². The van der Waals surface area contributed by atoms with E-state index in [2.05, 4.69) is 25.8 Å². The number of hydrogen-bond acceptors (Lipinski definition) is 7. The number of aromatic nitrogens is 3. The van der Waals surface area contributed by atoms with Crippen molar-refractivity contribution in [1.82, 2.24) is 15.2 Å². The summed E-state index contributed by atoms with van der Waals surface area (Å²) in [6.45, 7) is 0.992. The van der Waals surface area contributed by atoms with Gasteiger partial charge in [0, 0.05) is 30.8 Å². The molecule has 0 radical (unpaired) electrons. The lowest BCUT2D eigenvalue weighted by atomic mass is 10.3. The van der Waals surface area contributed by atoms with Crippen LogP contribution in [-0.4, -0.2) is 41.5 Å². The first-order valence-corrected chi connectivity index (χ1v) is 8.60. The molecule has 8 nitrogen and oxygen atoms in total. The third-order valence-corrected chi connectivity index (χ3v) is 4.13. The van der Waals surface area contributed by atoms with Gasteiger partial charge >= 0.3 is 6.03 Å². The van der Waals surface area contributed by atoms with Gasteiger partial charge in [-0.2, -0.15) is 0 Å². The first-order chi connectivity index (χ1) is 12.7. The van der Waals surface area contributed by atoms with E-state index in [-0.39, 0.29) is 0 Å². The highest BCUT2D eigenvalue weighted by molar-refractivity contribution is 7.18. The predicted octanol–water partition coefficient (Wildman–Crippen LogP) is 3.27. The fraction of sp³-hybridized carbons (Fsp3) is 0.176. The van der Waals surface area contributed by atoms with E-state index in [1.165, 1.54) is 11.3 Å². The zero-order chi connectivity index (χ0) is 18.2. The second-order valence-electron chi connectivity index (χ2n) is 5.09. The molecule has 3 aromatic rings. The molecule has 26 heavy (non-hydrogen) atoms. The lowest BCUT2D eigenvalue weighted by Gasteiger charge is -2.08. The zero-order valence-corrected chi connectivity index (χ0v) is 14.8. The second-order valence-corrected chi connectivity index (χ2v) is 6.07. The topological polar surface area (TPSA) is 98.3 Å². The van der Waals surface area contributed by atoms with Crippen LogP contribution in [-0.2, 0) is 4.74 Å². The Labute approximate surface area is 154 Å². The SMILES string of the molecule is COCCOc1ccc(NC(=O)Nc2nnc(-c3ccncc3)s2)cc1. The molecule has 2 N–H and O–H groups in total. The van der Waals surface area contributed by atoms with Gasteiger partial charge in [-0.25, -0.2) is 4.79 Å². The lowest BCUT2D eigenvalue weighted by molar-refractivity contribution is 0.146. The molecule has 9 heteroatoms. The Morgan fingerprint density at radius 1 is 1.04 bits per heavy atom. The zero-order valence-electron chi connectivity index (χ0n) is 14.0. The summed E-state index contributed by atoms with van der Waals surface area (Å²) >= 11 is 1.28. The summed E-state index contributed by atoms with van der Waals surface area (Å²) in [6.07, 6.45) is 3.36. The molecule has 0 saturated carbocycles. The van der Waals surface area contributed by atoms with Crippen molar-refractivity contribution in [1.29, 1.82) is 0 Å². The van der Waals surface area contributed by atoms with E-state index in [4.69, 9.17) is 9.47 Å². The van der Waals surface area contributed by atoms with Crippen molar-refractivity contribution >= 4 is 28.2 Å². The Kier molecular flexibility index (Phi) is 6.07. The minimum atomic E-state index is -0.393. The summed E-state index contributed by atoms with van der Waals surface area (Å²) in [6, 6.07) is 10.3. The standard InChI is InChI=1S/C17H17N5O3S/c1-24-10-11-25-14-4-2-13(3-5-14)19-16(23)20-17-22-21-15(26-17)12-6-8-18-9-7-12/h2-9H,10-11H2,1H3,(H2,19,20,22,23). The van der Waals surface area contributed by atoms with Crippen molar-refractivity contribution in [3.63, 3.8) is 0 Å². The molecule has 2 amide bonds. The van der Waals surface area contributed by atoms with Gasteiger partial charge in [-0.05, 0) is 36.4 Å². The number of hydrogen-bond donors (Lipinski definition) is 2. The summed E-state index contributed by atoms with van der Waals surface area (Å²) in [4.78, 5) is 16.0. The Bertz CT molecular complexity index is 839. The Balaban J connectivity index is 1.53. The fourth-order valence-corrected chi connectivity index (χ4v) is 2.77. The van der Waals surface area contributed by atoms with Crippen LogP contribution < -0.4 is 15.4 Å². The minimum absolute atomic E-state index is 0.393. The van der Waals surface area contributed by atoms with Crippen LogP contribution in [0, 0.1) is 0 Å². The van der Waals surface area contributed by atoms with Crippen LogP contribution in [0.3, 0.4) is 0 Å². The van der Waals surface area contributed by atoms with E-state index in [0.717, 1.165) is 5.56 Å². The van der Waals surface area contributed by atoms with Crippen molar-refractivity contribution < 1.29 is 14.3 Å². The smallest absolute Gasteiger partial charge is 0.325 e. The third-order valence-electron chi connectivity index (χ3n) is 3.24. The van der Waals surface area contributed by atoms with Crippen molar-refractivity contribution in [3.8, 4) is 16.3 Å². The van der Waals surface area contributed by atoms with E-state index in [9.17, 15) is 4.79 Å². The molecular weight excluding hydrogens is 354 g/mol. The number of carbonyl (C=O) groups excluding carboxylic acids is 1. The second kappa shape index (κ2) is 8.88. The highest BCUT2D eigenvalue weighted by atomic mass is 32.1. The number of anilines is 2. The summed E-state index contributed by atoms with van der Waals surface area (Å²) in [5, 5.41) is 14.6. The maximum absolute atomic E-state index is 12.1. The molecule has 0 atom stereocenters. The van der Waals surface area contributed by atoms with Gasteiger partial charge in [-0.3, -0.25) is 10.3 Å².